The highest BCUT2D eigenvalue weighted by Gasteiger charge is 2.14. The predicted molar refractivity (Wildman–Crippen MR) is 71.8 cm³/mol. The third-order valence-electron chi connectivity index (χ3n) is 2.16. The van der Waals surface area contributed by atoms with Crippen LogP contribution in [0.5, 0.6) is 0 Å². The summed E-state index contributed by atoms with van der Waals surface area (Å²) < 4.78 is 27.0. The van der Waals surface area contributed by atoms with Crippen LogP contribution in [0.4, 0.5) is 5.69 Å². The van der Waals surface area contributed by atoms with E-state index in [9.17, 15) is 8.42 Å². The zero-order valence-corrected chi connectivity index (χ0v) is 11.4. The largest absolute Gasteiger partial charge is 0.303 e. The molecule has 0 saturated carbocycles. The number of sulfonamides is 1. The number of benzene rings is 1. The second kappa shape index (κ2) is 5.17. The molecule has 0 bridgehead atoms. The Bertz CT molecular complexity index is 641. The maximum absolute atomic E-state index is 11.5. The number of nitrogens with one attached hydrogen (secondary N) is 1. The van der Waals surface area contributed by atoms with E-state index in [-0.39, 0.29) is 0 Å². The molecule has 0 aliphatic carbocycles. The van der Waals surface area contributed by atoms with E-state index < -0.39 is 15.2 Å². The maximum Gasteiger partial charge on any atom is 0.246 e. The second-order valence-corrected chi connectivity index (χ2v) is 6.15. The number of aromatic nitrogens is 2. The zero-order valence-electron chi connectivity index (χ0n) is 9.05. The lowest BCUT2D eigenvalue weighted by Crippen LogP contribution is -2.15. The summed E-state index contributed by atoms with van der Waals surface area (Å²) in [5.41, 5.74) is 0.853. The van der Waals surface area contributed by atoms with Crippen LogP contribution in [-0.4, -0.2) is 23.2 Å². The lowest BCUT2D eigenvalue weighted by Gasteiger charge is -2.13. The summed E-state index contributed by atoms with van der Waals surface area (Å²) in [5, 5.41) is -0.120. The van der Waals surface area contributed by atoms with E-state index in [0.29, 0.717) is 16.4 Å². The number of hydrogen-bond acceptors (Lipinski definition) is 3. The molecule has 96 valence electrons. The molecular formula is C10H9Cl2N3O2S. The highest BCUT2D eigenvalue weighted by Crippen LogP contribution is 2.29. The van der Waals surface area contributed by atoms with Crippen LogP contribution in [0.1, 0.15) is 0 Å². The number of hydrogen-bond donors (Lipinski definition) is 1. The number of anilines is 1. The molecule has 0 atom stereocenters. The van der Waals surface area contributed by atoms with Gasteiger partial charge in [0.25, 0.3) is 0 Å². The molecule has 8 heteroatoms. The Morgan fingerprint density at radius 2 is 2.17 bits per heavy atom. The van der Waals surface area contributed by atoms with Crippen molar-refractivity contribution in [1.29, 1.82) is 0 Å². The standard InChI is InChI=1S/C10H9Cl2N3O2S/c11-6-18(16,17)14-9-3-1-2-8(12)10(9)15-5-4-13-7-15/h1-5,7,14H,6H2. The first kappa shape index (κ1) is 13.2. The number of rotatable bonds is 4. The van der Waals surface area contributed by atoms with Crippen LogP contribution in [0.25, 0.3) is 5.69 Å². The van der Waals surface area contributed by atoms with Crippen LogP contribution >= 0.6 is 23.2 Å². The van der Waals surface area contributed by atoms with Gasteiger partial charge in [0.1, 0.15) is 5.21 Å². The third-order valence-corrected chi connectivity index (χ3v) is 4.14. The molecule has 0 saturated heterocycles. The van der Waals surface area contributed by atoms with Crippen molar-refractivity contribution in [3.63, 3.8) is 0 Å². The van der Waals surface area contributed by atoms with Crippen molar-refractivity contribution < 1.29 is 8.42 Å². The summed E-state index contributed by atoms with van der Waals surface area (Å²) in [5.74, 6) is 0. The minimum Gasteiger partial charge on any atom is -0.303 e. The molecule has 2 rings (SSSR count). The summed E-state index contributed by atoms with van der Waals surface area (Å²) in [6.07, 6.45) is 4.77. The molecule has 1 aromatic heterocycles. The molecule has 1 aromatic carbocycles. The number of para-hydroxylation sites is 1. The van der Waals surface area contributed by atoms with Crippen LogP contribution in [-0.2, 0) is 10.0 Å². The molecule has 1 heterocycles. The monoisotopic (exact) mass is 305 g/mol. The smallest absolute Gasteiger partial charge is 0.246 e. The normalized spacial score (nSPS) is 11.4. The number of nitrogens with zero attached hydrogens (tertiary/aromatic N) is 2. The lowest BCUT2D eigenvalue weighted by molar-refractivity contribution is 0.605. The van der Waals surface area contributed by atoms with E-state index in [0.717, 1.165) is 0 Å². The molecular weight excluding hydrogens is 297 g/mol. The summed E-state index contributed by atoms with van der Waals surface area (Å²) >= 11 is 11.4. The highest BCUT2D eigenvalue weighted by atomic mass is 35.5. The average molecular weight is 306 g/mol. The molecule has 0 amide bonds. The Labute approximate surface area is 114 Å². The van der Waals surface area contributed by atoms with Gasteiger partial charge < -0.3 is 4.57 Å². The zero-order chi connectivity index (χ0) is 13.2. The van der Waals surface area contributed by atoms with E-state index in [1.54, 1.807) is 35.2 Å². The van der Waals surface area contributed by atoms with Gasteiger partial charge in [-0.15, -0.1) is 11.6 Å². The minimum absolute atomic E-state index is 0.348. The van der Waals surface area contributed by atoms with Crippen molar-refractivity contribution in [3.8, 4) is 5.69 Å². The molecule has 0 aliphatic heterocycles. The van der Waals surface area contributed by atoms with Gasteiger partial charge in [-0.1, -0.05) is 17.7 Å². The van der Waals surface area contributed by atoms with Crippen molar-refractivity contribution in [2.75, 3.05) is 9.93 Å². The molecule has 0 fully saturated rings. The molecule has 2 aromatic rings. The van der Waals surface area contributed by atoms with Crippen molar-refractivity contribution in [2.45, 2.75) is 0 Å². The van der Waals surface area contributed by atoms with Gasteiger partial charge >= 0.3 is 0 Å². The van der Waals surface area contributed by atoms with Gasteiger partial charge in [0.15, 0.2) is 0 Å². The van der Waals surface area contributed by atoms with E-state index in [1.165, 1.54) is 6.33 Å². The van der Waals surface area contributed by atoms with Gasteiger partial charge in [-0.05, 0) is 12.1 Å². The molecule has 18 heavy (non-hydrogen) atoms. The van der Waals surface area contributed by atoms with E-state index in [1.807, 2.05) is 0 Å². The fourth-order valence-electron chi connectivity index (χ4n) is 1.45. The predicted octanol–water partition coefficient (Wildman–Crippen LogP) is 2.46. The van der Waals surface area contributed by atoms with Crippen LogP contribution < -0.4 is 4.72 Å². The van der Waals surface area contributed by atoms with Crippen LogP contribution in [0.15, 0.2) is 36.9 Å². The Morgan fingerprint density at radius 1 is 1.39 bits per heavy atom. The fraction of sp³-hybridized carbons (Fsp3) is 0.100. The number of alkyl halides is 1. The summed E-state index contributed by atoms with van der Waals surface area (Å²) in [4.78, 5) is 3.90. The summed E-state index contributed by atoms with van der Waals surface area (Å²) in [6.45, 7) is 0. The first-order valence-electron chi connectivity index (χ1n) is 4.87. The van der Waals surface area contributed by atoms with Crippen LogP contribution in [0, 0.1) is 0 Å². The number of halogens is 2. The lowest BCUT2D eigenvalue weighted by atomic mass is 10.2. The SMILES string of the molecule is O=S(=O)(CCl)Nc1cccc(Cl)c1-n1ccnc1. The Hall–Kier alpha value is -1.24. The van der Waals surface area contributed by atoms with Crippen LogP contribution in [0.2, 0.25) is 5.02 Å². The highest BCUT2D eigenvalue weighted by molar-refractivity contribution is 7.93. The minimum atomic E-state index is -3.58. The van der Waals surface area contributed by atoms with Crippen LogP contribution in [0.3, 0.4) is 0 Å². The first-order valence-corrected chi connectivity index (χ1v) is 7.43. The molecule has 0 aliphatic rings. The fourth-order valence-corrected chi connectivity index (χ4v) is 2.44. The molecule has 1 N–H and O–H groups in total. The maximum atomic E-state index is 11.5. The van der Waals surface area contributed by atoms with Crippen molar-refractivity contribution in [2.24, 2.45) is 0 Å². The molecule has 5 nitrogen and oxygen atoms in total. The van der Waals surface area contributed by atoms with Gasteiger partial charge in [-0.2, -0.15) is 0 Å². The summed E-state index contributed by atoms with van der Waals surface area (Å²) in [7, 11) is -3.58. The van der Waals surface area contributed by atoms with Gasteiger partial charge in [-0.25, -0.2) is 13.4 Å². The Balaban J connectivity index is 2.52. The number of imidazole rings is 1. The molecule has 0 unspecified atom stereocenters. The summed E-state index contributed by atoms with van der Waals surface area (Å²) in [6, 6.07) is 4.91. The second-order valence-electron chi connectivity index (χ2n) is 3.43. The molecule has 0 radical (unpaired) electrons. The molecule has 0 spiro atoms. The Morgan fingerprint density at radius 3 is 2.78 bits per heavy atom. The van der Waals surface area contributed by atoms with Gasteiger partial charge in [0.05, 0.1) is 22.7 Å². The van der Waals surface area contributed by atoms with E-state index in [4.69, 9.17) is 23.2 Å². The van der Waals surface area contributed by atoms with Crippen molar-refractivity contribution in [1.82, 2.24) is 9.55 Å². The first-order chi connectivity index (χ1) is 8.53. The van der Waals surface area contributed by atoms with Crippen molar-refractivity contribution in [3.05, 3.63) is 41.9 Å². The topological polar surface area (TPSA) is 64.0 Å². The quantitative estimate of drug-likeness (QED) is 0.883. The van der Waals surface area contributed by atoms with Gasteiger partial charge in [0.2, 0.25) is 10.0 Å². The third kappa shape index (κ3) is 2.77. The van der Waals surface area contributed by atoms with E-state index in [2.05, 4.69) is 9.71 Å². The Kier molecular flexibility index (Phi) is 3.79. The van der Waals surface area contributed by atoms with Gasteiger partial charge in [0, 0.05) is 12.4 Å². The van der Waals surface area contributed by atoms with E-state index >= 15 is 0 Å². The average Bonchev–Trinajstić information content (AvgIpc) is 2.82. The van der Waals surface area contributed by atoms with Crippen molar-refractivity contribution >= 4 is 38.9 Å². The van der Waals surface area contributed by atoms with Gasteiger partial charge in [-0.3, -0.25) is 4.72 Å².